The van der Waals surface area contributed by atoms with E-state index in [1.807, 2.05) is 76.2 Å². The fraction of sp³-hybridized carbons (Fsp3) is 0.214. The molecule has 1 heterocycles. The minimum atomic E-state index is -0.738. The van der Waals surface area contributed by atoms with Gasteiger partial charge >= 0.3 is 0 Å². The predicted molar refractivity (Wildman–Crippen MR) is 129 cm³/mol. The van der Waals surface area contributed by atoms with Gasteiger partial charge in [-0.15, -0.1) is 0 Å². The first kappa shape index (κ1) is 22.3. The third-order valence-electron chi connectivity index (χ3n) is 5.89. The number of ether oxygens (including phenoxy) is 1. The lowest BCUT2D eigenvalue weighted by atomic mass is 9.94. The number of aryl methyl sites for hydroxylation is 1. The molecule has 3 aromatic carbocycles. The Balaban J connectivity index is 1.88. The van der Waals surface area contributed by atoms with Crippen LogP contribution in [0.25, 0.3) is 5.76 Å². The van der Waals surface area contributed by atoms with Crippen molar-refractivity contribution in [1.29, 1.82) is 0 Å². The molecule has 0 bridgehead atoms. The van der Waals surface area contributed by atoms with Crippen molar-refractivity contribution in [3.8, 4) is 5.75 Å². The van der Waals surface area contributed by atoms with Gasteiger partial charge in [-0.05, 0) is 74.7 Å². The number of carbonyl (C=O) groups excluding carboxylic acids is 2. The molecule has 5 nitrogen and oxygen atoms in total. The Bertz CT molecular complexity index is 1230. The van der Waals surface area contributed by atoms with E-state index in [9.17, 15) is 14.7 Å². The van der Waals surface area contributed by atoms with Crippen LogP contribution < -0.4 is 9.64 Å². The van der Waals surface area contributed by atoms with Crippen LogP contribution >= 0.6 is 0 Å². The van der Waals surface area contributed by atoms with Crippen LogP contribution in [0.3, 0.4) is 0 Å². The van der Waals surface area contributed by atoms with Crippen molar-refractivity contribution >= 4 is 23.1 Å². The number of carbonyl (C=O) groups is 2. The van der Waals surface area contributed by atoms with Gasteiger partial charge in [-0.3, -0.25) is 14.5 Å². The number of hydrogen-bond acceptors (Lipinski definition) is 4. The second-order valence-corrected chi connectivity index (χ2v) is 8.49. The summed E-state index contributed by atoms with van der Waals surface area (Å²) in [5.74, 6) is -0.897. The summed E-state index contributed by atoms with van der Waals surface area (Å²) in [5.41, 5.74) is 3.86. The summed E-state index contributed by atoms with van der Waals surface area (Å²) in [4.78, 5) is 28.0. The first-order chi connectivity index (χ1) is 15.8. The molecule has 1 saturated heterocycles. The lowest BCUT2D eigenvalue weighted by Crippen LogP contribution is -2.30. The van der Waals surface area contributed by atoms with Crippen LogP contribution in [0, 0.1) is 13.8 Å². The zero-order valence-corrected chi connectivity index (χ0v) is 19.2. The van der Waals surface area contributed by atoms with E-state index in [4.69, 9.17) is 4.74 Å². The van der Waals surface area contributed by atoms with Gasteiger partial charge in [-0.2, -0.15) is 0 Å². The number of anilines is 1. The molecule has 0 aliphatic carbocycles. The van der Waals surface area contributed by atoms with Gasteiger partial charge < -0.3 is 9.84 Å². The number of benzene rings is 3. The highest BCUT2D eigenvalue weighted by Gasteiger charge is 2.47. The minimum Gasteiger partial charge on any atom is -0.507 e. The molecule has 33 heavy (non-hydrogen) atoms. The molecule has 3 aromatic rings. The van der Waals surface area contributed by atoms with E-state index in [0.717, 1.165) is 16.7 Å². The maximum absolute atomic E-state index is 13.3. The Morgan fingerprint density at radius 2 is 1.58 bits per heavy atom. The van der Waals surface area contributed by atoms with Crippen LogP contribution in [0.5, 0.6) is 5.75 Å². The Kier molecular flexibility index (Phi) is 6.05. The molecular formula is C28H27NO4. The van der Waals surface area contributed by atoms with E-state index >= 15 is 0 Å². The van der Waals surface area contributed by atoms with E-state index in [-0.39, 0.29) is 17.4 Å². The summed E-state index contributed by atoms with van der Waals surface area (Å²) < 4.78 is 5.68. The second kappa shape index (κ2) is 8.94. The van der Waals surface area contributed by atoms with Crippen molar-refractivity contribution in [2.24, 2.45) is 0 Å². The van der Waals surface area contributed by atoms with Crippen molar-refractivity contribution in [3.63, 3.8) is 0 Å². The molecule has 1 aliphatic heterocycles. The molecule has 1 N–H and O–H groups in total. The third-order valence-corrected chi connectivity index (χ3v) is 5.89. The monoisotopic (exact) mass is 441 g/mol. The van der Waals surface area contributed by atoms with Gasteiger partial charge in [-0.1, -0.05) is 42.5 Å². The number of rotatable bonds is 5. The van der Waals surface area contributed by atoms with E-state index in [2.05, 4.69) is 0 Å². The molecule has 1 amide bonds. The largest absolute Gasteiger partial charge is 0.507 e. The topological polar surface area (TPSA) is 66.8 Å². The van der Waals surface area contributed by atoms with E-state index in [0.29, 0.717) is 17.0 Å². The summed E-state index contributed by atoms with van der Waals surface area (Å²) >= 11 is 0. The smallest absolute Gasteiger partial charge is 0.300 e. The number of hydrogen-bond donors (Lipinski definition) is 1. The van der Waals surface area contributed by atoms with Gasteiger partial charge in [0.25, 0.3) is 11.7 Å². The number of aliphatic hydroxyl groups is 1. The third kappa shape index (κ3) is 4.14. The van der Waals surface area contributed by atoms with Gasteiger partial charge in [0.2, 0.25) is 0 Å². The molecular weight excluding hydrogens is 414 g/mol. The van der Waals surface area contributed by atoms with E-state index < -0.39 is 17.7 Å². The molecule has 0 aromatic heterocycles. The summed E-state index contributed by atoms with van der Waals surface area (Å²) in [6.45, 7) is 7.76. The highest BCUT2D eigenvalue weighted by atomic mass is 16.5. The van der Waals surface area contributed by atoms with Crippen LogP contribution in [-0.4, -0.2) is 22.9 Å². The van der Waals surface area contributed by atoms with Crippen LogP contribution in [-0.2, 0) is 9.59 Å². The van der Waals surface area contributed by atoms with Crippen molar-refractivity contribution in [2.45, 2.75) is 39.8 Å². The highest BCUT2D eigenvalue weighted by Crippen LogP contribution is 2.43. The van der Waals surface area contributed by atoms with Crippen LogP contribution in [0.2, 0.25) is 0 Å². The Labute approximate surface area is 193 Å². The molecule has 5 heteroatoms. The summed E-state index contributed by atoms with van der Waals surface area (Å²) in [5, 5.41) is 11.2. The quantitative estimate of drug-likeness (QED) is 0.313. The van der Waals surface area contributed by atoms with E-state index in [1.165, 1.54) is 4.90 Å². The number of Topliss-reactive ketones (excluding diaryl/α,β-unsaturated/α-hetero) is 1. The molecule has 1 fully saturated rings. The Morgan fingerprint density at radius 1 is 0.909 bits per heavy atom. The first-order valence-corrected chi connectivity index (χ1v) is 11.0. The number of aliphatic hydroxyl groups excluding tert-OH is 1. The summed E-state index contributed by atoms with van der Waals surface area (Å²) in [6, 6.07) is 21.1. The van der Waals surface area contributed by atoms with E-state index in [1.54, 1.807) is 24.3 Å². The standard InChI is InChI=1S/C28H27NO4/c1-17(2)33-22-15-13-21(14-16-22)26(30)24-25(20-10-6-5-7-11-20)29(28(32)27(24)31)23-12-8-9-18(3)19(23)4/h5-17,25,30H,1-4H3/b26-24+. The Morgan fingerprint density at radius 3 is 2.21 bits per heavy atom. The average molecular weight is 442 g/mol. The first-order valence-electron chi connectivity index (χ1n) is 11.0. The van der Waals surface area contributed by atoms with Gasteiger partial charge in [0.1, 0.15) is 11.5 Å². The zero-order chi connectivity index (χ0) is 23.7. The molecule has 0 spiro atoms. The summed E-state index contributed by atoms with van der Waals surface area (Å²) in [6.07, 6.45) is 0.0189. The fourth-order valence-corrected chi connectivity index (χ4v) is 4.15. The minimum absolute atomic E-state index is 0.0189. The van der Waals surface area contributed by atoms with Crippen molar-refractivity contribution in [1.82, 2.24) is 0 Å². The lowest BCUT2D eigenvalue weighted by Gasteiger charge is -2.27. The molecule has 1 unspecified atom stereocenters. The number of ketones is 1. The molecule has 4 rings (SSSR count). The maximum atomic E-state index is 13.3. The molecule has 168 valence electrons. The van der Waals surface area contributed by atoms with Crippen molar-refractivity contribution in [2.75, 3.05) is 4.90 Å². The summed E-state index contributed by atoms with van der Waals surface area (Å²) in [7, 11) is 0. The predicted octanol–water partition coefficient (Wildman–Crippen LogP) is 5.72. The lowest BCUT2D eigenvalue weighted by molar-refractivity contribution is -0.132. The normalized spacial score (nSPS) is 17.6. The number of nitrogens with zero attached hydrogens (tertiary/aromatic N) is 1. The molecule has 1 aliphatic rings. The van der Waals surface area contributed by atoms with Crippen molar-refractivity contribution < 1.29 is 19.4 Å². The zero-order valence-electron chi connectivity index (χ0n) is 19.2. The average Bonchev–Trinajstić information content (AvgIpc) is 3.06. The van der Waals surface area contributed by atoms with Gasteiger partial charge in [0.05, 0.1) is 17.7 Å². The van der Waals surface area contributed by atoms with Crippen LogP contribution in [0.4, 0.5) is 5.69 Å². The molecule has 0 radical (unpaired) electrons. The molecule has 1 atom stereocenters. The maximum Gasteiger partial charge on any atom is 0.300 e. The highest BCUT2D eigenvalue weighted by molar-refractivity contribution is 6.51. The van der Waals surface area contributed by atoms with Crippen molar-refractivity contribution in [3.05, 3.63) is 101 Å². The second-order valence-electron chi connectivity index (χ2n) is 8.49. The van der Waals surface area contributed by atoms with Gasteiger partial charge in [0, 0.05) is 11.3 Å². The van der Waals surface area contributed by atoms with Crippen LogP contribution in [0.15, 0.2) is 78.4 Å². The SMILES string of the molecule is Cc1cccc(N2C(=O)C(=O)/C(=C(/O)c3ccc(OC(C)C)cc3)C2c2ccccc2)c1C. The van der Waals surface area contributed by atoms with Gasteiger partial charge in [0.15, 0.2) is 0 Å². The van der Waals surface area contributed by atoms with Gasteiger partial charge in [-0.25, -0.2) is 0 Å². The fourth-order valence-electron chi connectivity index (χ4n) is 4.15. The molecule has 0 saturated carbocycles. The number of amides is 1. The van der Waals surface area contributed by atoms with Crippen LogP contribution in [0.1, 0.15) is 42.1 Å². The Hall–Kier alpha value is -3.86.